The Kier molecular flexibility index (Phi) is 5.04. The number of amides is 1. The van der Waals surface area contributed by atoms with Crippen LogP contribution in [0, 0.1) is 0 Å². The number of carbonyl (C=O) groups excluding carboxylic acids is 1. The highest BCUT2D eigenvalue weighted by atomic mass is 16.5. The topological polar surface area (TPSA) is 97.0 Å². The van der Waals surface area contributed by atoms with E-state index in [9.17, 15) is 4.79 Å². The molecule has 0 aromatic carbocycles. The number of aromatic nitrogens is 4. The van der Waals surface area contributed by atoms with E-state index in [0.29, 0.717) is 17.9 Å². The van der Waals surface area contributed by atoms with E-state index in [1.165, 1.54) is 19.3 Å². The van der Waals surface area contributed by atoms with Crippen LogP contribution >= 0.6 is 0 Å². The number of piperidine rings is 1. The molecule has 0 atom stereocenters. The monoisotopic (exact) mass is 364 g/mol. The van der Waals surface area contributed by atoms with E-state index in [1.807, 2.05) is 30.3 Å². The van der Waals surface area contributed by atoms with Gasteiger partial charge in [-0.05, 0) is 43.5 Å². The van der Waals surface area contributed by atoms with E-state index in [-0.39, 0.29) is 5.89 Å². The minimum absolute atomic E-state index is 0.0824. The van der Waals surface area contributed by atoms with E-state index >= 15 is 0 Å². The zero-order chi connectivity index (χ0) is 18.5. The molecule has 0 unspecified atom stereocenters. The summed E-state index contributed by atoms with van der Waals surface area (Å²) in [5, 5.41) is 6.60. The summed E-state index contributed by atoms with van der Waals surface area (Å²) in [7, 11) is 0. The molecule has 3 aromatic rings. The van der Waals surface area contributed by atoms with Crippen LogP contribution in [-0.2, 0) is 6.54 Å². The minimum atomic E-state index is -0.433. The normalized spacial score (nSPS) is 14.1. The van der Waals surface area contributed by atoms with Gasteiger partial charge in [-0.3, -0.25) is 9.78 Å². The van der Waals surface area contributed by atoms with Gasteiger partial charge in [0.15, 0.2) is 0 Å². The van der Waals surface area contributed by atoms with Crippen LogP contribution in [0.3, 0.4) is 0 Å². The summed E-state index contributed by atoms with van der Waals surface area (Å²) in [6, 6.07) is 9.37. The molecule has 1 saturated heterocycles. The van der Waals surface area contributed by atoms with Gasteiger partial charge in [0.05, 0.1) is 12.2 Å². The van der Waals surface area contributed by atoms with E-state index in [1.54, 1.807) is 12.4 Å². The Morgan fingerprint density at radius 2 is 2.00 bits per heavy atom. The van der Waals surface area contributed by atoms with Crippen LogP contribution in [0.25, 0.3) is 11.4 Å². The van der Waals surface area contributed by atoms with Gasteiger partial charge in [-0.15, -0.1) is 0 Å². The molecule has 1 N–H and O–H groups in total. The second-order valence-electron chi connectivity index (χ2n) is 6.38. The maximum absolute atomic E-state index is 12.2. The number of hydrogen-bond donors (Lipinski definition) is 1. The van der Waals surface area contributed by atoms with Crippen molar-refractivity contribution in [2.45, 2.75) is 25.8 Å². The van der Waals surface area contributed by atoms with Crippen LogP contribution < -0.4 is 10.2 Å². The Morgan fingerprint density at radius 1 is 1.11 bits per heavy atom. The van der Waals surface area contributed by atoms with Crippen molar-refractivity contribution >= 4 is 11.7 Å². The van der Waals surface area contributed by atoms with Gasteiger partial charge in [0, 0.05) is 31.0 Å². The highest BCUT2D eigenvalue weighted by Gasteiger charge is 2.17. The van der Waals surface area contributed by atoms with E-state index < -0.39 is 5.91 Å². The Morgan fingerprint density at radius 3 is 2.74 bits per heavy atom. The molecule has 8 nitrogen and oxygen atoms in total. The molecule has 0 spiro atoms. The molecule has 1 aliphatic rings. The number of nitrogens with one attached hydrogen (secondary N) is 1. The zero-order valence-electron chi connectivity index (χ0n) is 14.8. The summed E-state index contributed by atoms with van der Waals surface area (Å²) in [5.74, 6) is 0.782. The summed E-state index contributed by atoms with van der Waals surface area (Å²) in [5.41, 5.74) is 1.46. The Hall–Kier alpha value is -3.29. The maximum Gasteiger partial charge on any atom is 0.316 e. The third kappa shape index (κ3) is 4.11. The van der Waals surface area contributed by atoms with E-state index in [0.717, 1.165) is 24.6 Å². The SMILES string of the molecule is O=C(NCc1ccccn1)c1nc(-c2ccc(N3CCCCC3)nc2)no1. The summed E-state index contributed by atoms with van der Waals surface area (Å²) in [4.78, 5) is 27.3. The van der Waals surface area contributed by atoms with Gasteiger partial charge in [-0.25, -0.2) is 4.98 Å². The zero-order valence-corrected chi connectivity index (χ0v) is 14.8. The van der Waals surface area contributed by atoms with Crippen molar-refractivity contribution in [1.82, 2.24) is 25.4 Å². The first kappa shape index (κ1) is 17.1. The predicted molar refractivity (Wildman–Crippen MR) is 99.0 cm³/mol. The van der Waals surface area contributed by atoms with Gasteiger partial charge in [0.2, 0.25) is 5.82 Å². The minimum Gasteiger partial charge on any atom is -0.357 e. The molecule has 0 radical (unpaired) electrons. The molecule has 138 valence electrons. The Labute approximate surface area is 156 Å². The molecule has 0 bridgehead atoms. The summed E-state index contributed by atoms with van der Waals surface area (Å²) in [6.07, 6.45) is 7.07. The predicted octanol–water partition coefficient (Wildman–Crippen LogP) is 2.45. The number of pyridine rings is 2. The smallest absolute Gasteiger partial charge is 0.316 e. The van der Waals surface area contributed by atoms with Crippen LogP contribution in [0.15, 0.2) is 47.2 Å². The number of anilines is 1. The number of nitrogens with zero attached hydrogens (tertiary/aromatic N) is 5. The summed E-state index contributed by atoms with van der Waals surface area (Å²) >= 11 is 0. The van der Waals surface area contributed by atoms with Gasteiger partial charge in [-0.2, -0.15) is 4.98 Å². The van der Waals surface area contributed by atoms with Crippen LogP contribution in [-0.4, -0.2) is 39.1 Å². The van der Waals surface area contributed by atoms with Crippen LogP contribution in [0.2, 0.25) is 0 Å². The molecule has 8 heteroatoms. The van der Waals surface area contributed by atoms with Crippen molar-refractivity contribution < 1.29 is 9.32 Å². The van der Waals surface area contributed by atoms with Crippen molar-refractivity contribution in [3.05, 3.63) is 54.3 Å². The molecule has 4 heterocycles. The van der Waals surface area contributed by atoms with Gasteiger partial charge >= 0.3 is 11.8 Å². The number of rotatable bonds is 5. The molecule has 1 fully saturated rings. The molecule has 0 aliphatic carbocycles. The lowest BCUT2D eigenvalue weighted by Gasteiger charge is -2.27. The first-order valence-electron chi connectivity index (χ1n) is 9.03. The fraction of sp³-hybridized carbons (Fsp3) is 0.316. The average Bonchev–Trinajstić information content (AvgIpc) is 3.24. The third-order valence-corrected chi connectivity index (χ3v) is 4.46. The van der Waals surface area contributed by atoms with Crippen LogP contribution in [0.4, 0.5) is 5.82 Å². The van der Waals surface area contributed by atoms with Gasteiger partial charge in [0.25, 0.3) is 0 Å². The van der Waals surface area contributed by atoms with Crippen molar-refractivity contribution in [3.63, 3.8) is 0 Å². The average molecular weight is 364 g/mol. The van der Waals surface area contributed by atoms with Crippen molar-refractivity contribution in [1.29, 1.82) is 0 Å². The molecule has 0 saturated carbocycles. The first-order valence-corrected chi connectivity index (χ1v) is 9.03. The molecular weight excluding hydrogens is 344 g/mol. The molecular formula is C19H20N6O2. The standard InChI is InChI=1S/C19H20N6O2/c26-18(22-13-15-6-2-3-9-20-15)19-23-17(24-27-19)14-7-8-16(21-12-14)25-10-4-1-5-11-25/h2-3,6-9,12H,1,4-5,10-11,13H2,(H,22,26). The van der Waals surface area contributed by atoms with Gasteiger partial charge < -0.3 is 14.7 Å². The molecule has 1 amide bonds. The maximum atomic E-state index is 12.2. The lowest BCUT2D eigenvalue weighted by Crippen LogP contribution is -2.29. The number of carbonyl (C=O) groups is 1. The molecule has 27 heavy (non-hydrogen) atoms. The Balaban J connectivity index is 1.40. The largest absolute Gasteiger partial charge is 0.357 e. The van der Waals surface area contributed by atoms with Gasteiger partial charge in [0.1, 0.15) is 5.82 Å². The van der Waals surface area contributed by atoms with Crippen LogP contribution in [0.1, 0.15) is 35.6 Å². The van der Waals surface area contributed by atoms with Crippen molar-refractivity contribution in [3.8, 4) is 11.4 Å². The summed E-state index contributed by atoms with van der Waals surface area (Å²) < 4.78 is 5.08. The van der Waals surface area contributed by atoms with Crippen molar-refractivity contribution in [2.24, 2.45) is 0 Å². The highest BCUT2D eigenvalue weighted by Crippen LogP contribution is 2.21. The third-order valence-electron chi connectivity index (χ3n) is 4.46. The first-order chi connectivity index (χ1) is 13.3. The van der Waals surface area contributed by atoms with Gasteiger partial charge in [-0.1, -0.05) is 11.2 Å². The lowest BCUT2D eigenvalue weighted by molar-refractivity contribution is 0.0906. The lowest BCUT2D eigenvalue weighted by atomic mass is 10.1. The fourth-order valence-corrected chi connectivity index (χ4v) is 3.01. The second-order valence-corrected chi connectivity index (χ2v) is 6.38. The second kappa shape index (κ2) is 7.94. The quantitative estimate of drug-likeness (QED) is 0.742. The van der Waals surface area contributed by atoms with E-state index in [2.05, 4.69) is 30.3 Å². The molecule has 3 aromatic heterocycles. The highest BCUT2D eigenvalue weighted by molar-refractivity contribution is 5.89. The Bertz CT molecular complexity index is 888. The van der Waals surface area contributed by atoms with E-state index in [4.69, 9.17) is 4.52 Å². The van der Waals surface area contributed by atoms with Crippen molar-refractivity contribution in [2.75, 3.05) is 18.0 Å². The van der Waals surface area contributed by atoms with Crippen LogP contribution in [0.5, 0.6) is 0 Å². The summed E-state index contributed by atoms with van der Waals surface area (Å²) in [6.45, 7) is 2.37. The molecule has 1 aliphatic heterocycles. The fourth-order valence-electron chi connectivity index (χ4n) is 3.01. The number of hydrogen-bond acceptors (Lipinski definition) is 7. The molecule has 4 rings (SSSR count).